The van der Waals surface area contributed by atoms with E-state index < -0.39 is 0 Å². The van der Waals surface area contributed by atoms with E-state index in [-0.39, 0.29) is 49.4 Å². The first kappa shape index (κ1) is 24.7. The van der Waals surface area contributed by atoms with Gasteiger partial charge in [0.1, 0.15) is 11.9 Å². The Labute approximate surface area is 191 Å². The zero-order valence-corrected chi connectivity index (χ0v) is 18.8. The number of aromatic nitrogens is 1. The molecule has 1 aromatic heterocycles. The standard InChI is InChI=1S/C18H24ClN7O2S.ClH/c19-13-1-2-16(22-8-13)23-17(27)9-24-5-3-14(4-6-24)26(21)10-18(28)25-12-29-11-15(25)7-20;/h1-2,8,14-15H,3-6,9-12,21H2,(H,22,23,27);1H. The van der Waals surface area contributed by atoms with E-state index in [0.29, 0.717) is 35.6 Å². The van der Waals surface area contributed by atoms with Crippen LogP contribution in [0.1, 0.15) is 12.8 Å². The van der Waals surface area contributed by atoms with E-state index >= 15 is 0 Å². The molecule has 0 bridgehead atoms. The van der Waals surface area contributed by atoms with Crippen molar-refractivity contribution in [3.8, 4) is 6.07 Å². The van der Waals surface area contributed by atoms with Crippen molar-refractivity contribution in [2.24, 2.45) is 5.84 Å². The van der Waals surface area contributed by atoms with Gasteiger partial charge < -0.3 is 10.2 Å². The van der Waals surface area contributed by atoms with Gasteiger partial charge >= 0.3 is 0 Å². The number of nitrogens with one attached hydrogen (secondary N) is 1. The van der Waals surface area contributed by atoms with Crippen molar-refractivity contribution < 1.29 is 9.59 Å². The normalized spacial score (nSPS) is 19.9. The van der Waals surface area contributed by atoms with Crippen molar-refractivity contribution in [2.45, 2.75) is 24.9 Å². The van der Waals surface area contributed by atoms with E-state index in [9.17, 15) is 9.59 Å². The fraction of sp³-hybridized carbons (Fsp3) is 0.556. The second-order valence-corrected chi connectivity index (χ2v) is 8.53. The van der Waals surface area contributed by atoms with Crippen molar-refractivity contribution >= 4 is 53.4 Å². The molecule has 0 aromatic carbocycles. The van der Waals surface area contributed by atoms with Crippen LogP contribution in [0.15, 0.2) is 18.3 Å². The van der Waals surface area contributed by atoms with E-state index in [2.05, 4.69) is 21.3 Å². The first-order chi connectivity index (χ1) is 14.0. The number of nitriles is 1. The Morgan fingerprint density at radius 2 is 2.13 bits per heavy atom. The van der Waals surface area contributed by atoms with Gasteiger partial charge in [0.25, 0.3) is 0 Å². The lowest BCUT2D eigenvalue weighted by atomic mass is 10.0. The number of likely N-dealkylation sites (tertiary alicyclic amines) is 1. The highest BCUT2D eigenvalue weighted by Gasteiger charge is 2.31. The van der Waals surface area contributed by atoms with Crippen LogP contribution < -0.4 is 11.2 Å². The van der Waals surface area contributed by atoms with E-state index in [0.717, 1.165) is 12.8 Å². The van der Waals surface area contributed by atoms with Gasteiger partial charge in [-0.2, -0.15) is 5.26 Å². The number of anilines is 1. The zero-order chi connectivity index (χ0) is 20.8. The predicted molar refractivity (Wildman–Crippen MR) is 119 cm³/mol. The van der Waals surface area contributed by atoms with Gasteiger partial charge in [-0.3, -0.25) is 20.3 Å². The third-order valence-corrected chi connectivity index (χ3v) is 6.29. The number of carbonyl (C=O) groups excluding carboxylic acids is 2. The molecule has 2 aliphatic rings. The summed E-state index contributed by atoms with van der Waals surface area (Å²) in [7, 11) is 0. The molecule has 1 unspecified atom stereocenters. The molecule has 2 saturated heterocycles. The molecule has 1 atom stereocenters. The highest BCUT2D eigenvalue weighted by Crippen LogP contribution is 2.21. The molecule has 0 aliphatic carbocycles. The molecule has 0 spiro atoms. The molecule has 2 amide bonds. The Morgan fingerprint density at radius 3 is 2.77 bits per heavy atom. The monoisotopic (exact) mass is 473 g/mol. The van der Waals surface area contributed by atoms with Crippen LogP contribution in [-0.4, -0.2) is 81.5 Å². The summed E-state index contributed by atoms with van der Waals surface area (Å²) in [5.74, 6) is 7.57. The molecule has 3 N–H and O–H groups in total. The number of hydrogen-bond acceptors (Lipinski definition) is 8. The van der Waals surface area contributed by atoms with Gasteiger partial charge in [0.05, 0.1) is 30.1 Å². The fourth-order valence-corrected chi connectivity index (χ4v) is 4.63. The van der Waals surface area contributed by atoms with Crippen LogP contribution in [0.3, 0.4) is 0 Å². The maximum Gasteiger partial charge on any atom is 0.239 e. The van der Waals surface area contributed by atoms with Crippen molar-refractivity contribution in [1.82, 2.24) is 19.8 Å². The number of nitrogens with zero attached hydrogens (tertiary/aromatic N) is 5. The third kappa shape index (κ3) is 6.70. The summed E-state index contributed by atoms with van der Waals surface area (Å²) in [4.78, 5) is 32.3. The number of amides is 2. The van der Waals surface area contributed by atoms with Crippen LogP contribution in [-0.2, 0) is 9.59 Å². The van der Waals surface area contributed by atoms with Gasteiger partial charge in [-0.25, -0.2) is 9.99 Å². The number of hydrazine groups is 1. The minimum absolute atomic E-state index is 0. The second-order valence-electron chi connectivity index (χ2n) is 7.10. The predicted octanol–water partition coefficient (Wildman–Crippen LogP) is 1.16. The smallest absolute Gasteiger partial charge is 0.239 e. The molecule has 30 heavy (non-hydrogen) atoms. The highest BCUT2D eigenvalue weighted by atomic mass is 35.5. The lowest BCUT2D eigenvalue weighted by Crippen LogP contribution is -2.53. The van der Waals surface area contributed by atoms with Crippen molar-refractivity contribution in [2.75, 3.05) is 43.1 Å². The van der Waals surface area contributed by atoms with Crippen LogP contribution >= 0.6 is 35.8 Å². The Balaban J connectivity index is 0.00000320. The Hall–Kier alpha value is -1.61. The number of piperidine rings is 1. The summed E-state index contributed by atoms with van der Waals surface area (Å²) in [5.41, 5.74) is 0. The summed E-state index contributed by atoms with van der Waals surface area (Å²) in [5, 5.41) is 14.0. The molecule has 12 heteroatoms. The summed E-state index contributed by atoms with van der Waals surface area (Å²) < 4.78 is 0. The van der Waals surface area contributed by atoms with E-state index in [1.54, 1.807) is 33.8 Å². The number of carbonyl (C=O) groups is 2. The largest absolute Gasteiger partial charge is 0.315 e. The molecule has 3 rings (SSSR count). The van der Waals surface area contributed by atoms with E-state index in [1.807, 2.05) is 0 Å². The molecular formula is C18H25Cl2N7O2S. The molecule has 9 nitrogen and oxygen atoms in total. The third-order valence-electron chi connectivity index (χ3n) is 5.06. The van der Waals surface area contributed by atoms with Crippen LogP contribution in [0.4, 0.5) is 5.82 Å². The quantitative estimate of drug-likeness (QED) is 0.466. The summed E-state index contributed by atoms with van der Waals surface area (Å²) in [6, 6.07) is 5.20. The van der Waals surface area contributed by atoms with E-state index in [4.69, 9.17) is 22.7 Å². The molecular weight excluding hydrogens is 449 g/mol. The highest BCUT2D eigenvalue weighted by molar-refractivity contribution is 7.99. The number of nitrogens with two attached hydrogens (primary N) is 1. The second kappa shape index (κ2) is 11.7. The fourth-order valence-electron chi connectivity index (χ4n) is 3.42. The summed E-state index contributed by atoms with van der Waals surface area (Å²) >= 11 is 7.37. The Bertz CT molecular complexity index is 769. The van der Waals surface area contributed by atoms with Crippen molar-refractivity contribution in [3.05, 3.63) is 23.4 Å². The van der Waals surface area contributed by atoms with Crippen molar-refractivity contribution in [3.63, 3.8) is 0 Å². The maximum absolute atomic E-state index is 12.4. The molecule has 0 radical (unpaired) electrons. The molecule has 2 aliphatic heterocycles. The zero-order valence-electron chi connectivity index (χ0n) is 16.4. The van der Waals surface area contributed by atoms with Gasteiger partial charge in [0.15, 0.2) is 0 Å². The first-order valence-electron chi connectivity index (χ1n) is 9.38. The SMILES string of the molecule is Cl.N#CC1CSCN1C(=O)CN(N)C1CCN(CC(=O)Nc2ccc(Cl)cn2)CC1. The minimum Gasteiger partial charge on any atom is -0.315 e. The lowest BCUT2D eigenvalue weighted by Gasteiger charge is -2.36. The first-order valence-corrected chi connectivity index (χ1v) is 10.9. The number of halogens is 2. The maximum atomic E-state index is 12.4. The van der Waals surface area contributed by atoms with Gasteiger partial charge in [-0.05, 0) is 25.0 Å². The van der Waals surface area contributed by atoms with Gasteiger partial charge in [0.2, 0.25) is 11.8 Å². The summed E-state index contributed by atoms with van der Waals surface area (Å²) in [6.45, 7) is 1.81. The number of rotatable bonds is 6. The van der Waals surface area contributed by atoms with E-state index in [1.165, 1.54) is 6.20 Å². The molecule has 3 heterocycles. The van der Waals surface area contributed by atoms with Crippen molar-refractivity contribution in [1.29, 1.82) is 5.26 Å². The van der Waals surface area contributed by atoms with Crippen LogP contribution in [0.2, 0.25) is 5.02 Å². The average Bonchev–Trinajstić information content (AvgIpc) is 3.19. The van der Waals surface area contributed by atoms with Crippen LogP contribution in [0.5, 0.6) is 0 Å². The number of thioether (sulfide) groups is 1. The van der Waals surface area contributed by atoms with Gasteiger partial charge in [-0.15, -0.1) is 24.2 Å². The van der Waals surface area contributed by atoms with Crippen LogP contribution in [0, 0.1) is 11.3 Å². The number of hydrogen-bond donors (Lipinski definition) is 2. The van der Waals surface area contributed by atoms with Gasteiger partial charge in [-0.1, -0.05) is 11.6 Å². The average molecular weight is 474 g/mol. The van der Waals surface area contributed by atoms with Gasteiger partial charge in [0, 0.05) is 31.1 Å². The Kier molecular flexibility index (Phi) is 9.61. The Morgan fingerprint density at radius 1 is 1.40 bits per heavy atom. The lowest BCUT2D eigenvalue weighted by molar-refractivity contribution is -0.132. The number of pyridine rings is 1. The van der Waals surface area contributed by atoms with Crippen LogP contribution in [0.25, 0.3) is 0 Å². The molecule has 0 saturated carbocycles. The summed E-state index contributed by atoms with van der Waals surface area (Å²) in [6.07, 6.45) is 3.03. The molecule has 164 valence electrons. The molecule has 1 aromatic rings. The topological polar surface area (TPSA) is 119 Å². The molecule has 2 fully saturated rings. The minimum atomic E-state index is -0.364.